The van der Waals surface area contributed by atoms with Gasteiger partial charge in [-0.3, -0.25) is 0 Å². The van der Waals surface area contributed by atoms with E-state index in [-0.39, 0.29) is 19.5 Å². The molecule has 0 unspecified atom stereocenters. The van der Waals surface area contributed by atoms with Crippen molar-refractivity contribution < 1.29 is 36.7 Å². The van der Waals surface area contributed by atoms with E-state index in [1.54, 1.807) is 0 Å². The predicted octanol–water partition coefficient (Wildman–Crippen LogP) is 8.27. The summed E-state index contributed by atoms with van der Waals surface area (Å²) in [6.45, 7) is 2.16. The average molecular weight is 737 g/mol. The zero-order valence-electron chi connectivity index (χ0n) is 25.1. The molecule has 0 aromatic heterocycles. The molecular weight excluding hydrogens is 698 g/mol. The molecule has 1 saturated heterocycles. The summed E-state index contributed by atoms with van der Waals surface area (Å²) in [6.07, 6.45) is 14.0. The molecule has 2 aliphatic rings. The van der Waals surface area contributed by atoms with Crippen LogP contribution in [-0.2, 0) is 19.5 Å². The van der Waals surface area contributed by atoms with E-state index in [0.29, 0.717) is 11.3 Å². The van der Waals surface area contributed by atoms with Crippen molar-refractivity contribution in [1.29, 1.82) is 0 Å². The maximum Gasteiger partial charge on any atom is 0.673 e. The molecule has 2 fully saturated rings. The first kappa shape index (κ1) is 37.6. The van der Waals surface area contributed by atoms with Gasteiger partial charge in [0, 0.05) is 43.9 Å². The van der Waals surface area contributed by atoms with E-state index in [2.05, 4.69) is 152 Å². The van der Waals surface area contributed by atoms with Crippen molar-refractivity contribution in [3.63, 3.8) is 0 Å². The van der Waals surface area contributed by atoms with Crippen LogP contribution in [0.25, 0.3) is 0 Å². The van der Waals surface area contributed by atoms with Gasteiger partial charge in [-0.05, 0) is 88.4 Å². The van der Waals surface area contributed by atoms with E-state index < -0.39 is 23.1 Å². The van der Waals surface area contributed by atoms with Gasteiger partial charge < -0.3 is 22.6 Å². The molecule has 2 atom stereocenters. The molecule has 4 aromatic rings. The summed E-state index contributed by atoms with van der Waals surface area (Å²) in [5, 5.41) is 9.73. The maximum absolute atomic E-state index is 9.75. The number of hydrogen-bond donors (Lipinski definition) is 1. The molecule has 239 valence electrons. The van der Waals surface area contributed by atoms with Crippen LogP contribution in [0.15, 0.2) is 121 Å². The molecule has 0 bridgehead atoms. The van der Waals surface area contributed by atoms with Crippen LogP contribution >= 0.6 is 15.8 Å². The largest absolute Gasteiger partial charge is 0.673 e. The fourth-order valence-corrected chi connectivity index (χ4v) is 11.9. The molecule has 45 heavy (non-hydrogen) atoms. The van der Waals surface area contributed by atoms with Gasteiger partial charge in [-0.1, -0.05) is 121 Å². The Morgan fingerprint density at radius 1 is 0.444 bits per heavy atom. The summed E-state index contributed by atoms with van der Waals surface area (Å²) >= 11 is 0. The van der Waals surface area contributed by atoms with Crippen molar-refractivity contribution in [2.45, 2.75) is 37.0 Å². The van der Waals surface area contributed by atoms with Crippen molar-refractivity contribution in [1.82, 2.24) is 5.32 Å². The Kier molecular flexibility index (Phi) is 17.0. The van der Waals surface area contributed by atoms with Gasteiger partial charge >= 0.3 is 7.25 Å². The molecule has 4 aromatic carbocycles. The van der Waals surface area contributed by atoms with Gasteiger partial charge in [0.15, 0.2) is 0 Å². The number of rotatable bonds is 6. The molecule has 1 aliphatic carbocycles. The summed E-state index contributed by atoms with van der Waals surface area (Å²) in [5.74, 6) is 0. The van der Waals surface area contributed by atoms with Crippen LogP contribution in [0.2, 0.25) is 0 Å². The summed E-state index contributed by atoms with van der Waals surface area (Å²) in [6, 6.07) is 44.8. The van der Waals surface area contributed by atoms with Gasteiger partial charge in [0.25, 0.3) is 0 Å². The van der Waals surface area contributed by atoms with Crippen LogP contribution in [-0.4, -0.2) is 31.7 Å². The van der Waals surface area contributed by atoms with Gasteiger partial charge in [0.05, 0.1) is 0 Å². The molecule has 0 spiro atoms. The Hall–Kier alpha value is -1.89. The molecule has 1 aliphatic heterocycles. The van der Waals surface area contributed by atoms with Crippen molar-refractivity contribution in [3.8, 4) is 0 Å². The summed E-state index contributed by atoms with van der Waals surface area (Å²) in [5.41, 5.74) is 1.21. The fraction of sp³-hybridized carbons (Fsp3) is 0.222. The Morgan fingerprint density at radius 3 is 0.889 bits per heavy atom. The molecule has 0 amide bonds. The Labute approximate surface area is 282 Å². The number of halogens is 4. The van der Waals surface area contributed by atoms with Crippen LogP contribution in [0.4, 0.5) is 17.3 Å². The third-order valence-electron chi connectivity index (χ3n) is 7.29. The molecule has 6 rings (SSSR count). The second kappa shape index (κ2) is 20.4. The Morgan fingerprint density at radius 2 is 0.667 bits per heavy atom. The fourth-order valence-electron chi connectivity index (χ4n) is 5.45. The second-order valence-corrected chi connectivity index (χ2v) is 15.3. The van der Waals surface area contributed by atoms with Gasteiger partial charge in [-0.25, -0.2) is 0 Å². The van der Waals surface area contributed by atoms with E-state index in [0.717, 1.165) is 13.1 Å². The smallest absolute Gasteiger partial charge is 0.418 e. The average Bonchev–Trinajstić information content (AvgIpc) is 3.47. The number of nitrogens with one attached hydrogen (secondary N) is 1. The third kappa shape index (κ3) is 13.0. The van der Waals surface area contributed by atoms with Crippen molar-refractivity contribution in [2.75, 3.05) is 13.1 Å². The second-order valence-electron chi connectivity index (χ2n) is 10.5. The van der Waals surface area contributed by atoms with Gasteiger partial charge in [-0.15, -0.1) is 0 Å². The van der Waals surface area contributed by atoms with Gasteiger partial charge in [0.1, 0.15) is 0 Å². The first-order valence-electron chi connectivity index (χ1n) is 15.1. The predicted molar refractivity (Wildman–Crippen MR) is 184 cm³/mol. The SMILES string of the molecule is F[B-](F)(F)F.[CH]1[CH]CC[CH][CH]CC1.[Rh].c1ccc(P(c2ccccc2)[C@@H]2CNC[C@H]2P(c2ccccc2)c2ccccc2)cc1. The first-order chi connectivity index (χ1) is 21.4. The minimum atomic E-state index is -6.00. The van der Waals surface area contributed by atoms with Crippen LogP contribution in [0.3, 0.4) is 0 Å². The Bertz CT molecular complexity index is 1120. The monoisotopic (exact) mass is 737 g/mol. The molecule has 1 saturated carbocycles. The van der Waals surface area contributed by atoms with E-state index in [9.17, 15) is 17.3 Å². The van der Waals surface area contributed by atoms with Crippen LogP contribution < -0.4 is 26.5 Å². The number of benzene rings is 4. The van der Waals surface area contributed by atoms with Crippen molar-refractivity contribution in [2.24, 2.45) is 0 Å². The van der Waals surface area contributed by atoms with Gasteiger partial charge in [-0.2, -0.15) is 0 Å². The molecule has 1 nitrogen and oxygen atoms in total. The molecular formula is C36H39BF4NP2Rh-. The molecule has 1 heterocycles. The van der Waals surface area contributed by atoms with Crippen molar-refractivity contribution in [3.05, 3.63) is 147 Å². The number of hydrogen-bond acceptors (Lipinski definition) is 1. The topological polar surface area (TPSA) is 12.0 Å². The van der Waals surface area contributed by atoms with Gasteiger partial charge in [0.2, 0.25) is 0 Å². The minimum absolute atomic E-state index is 0. The molecule has 9 heteroatoms. The van der Waals surface area contributed by atoms with Crippen molar-refractivity contribution >= 4 is 44.3 Å². The standard InChI is InChI=1S/C28H27NP2.C8H12.BF4.Rh/c1-5-13-23(14-6-1)30(24-15-7-2-8-16-24)27-21-29-22-28(27)31(25-17-9-3-10-18-25)26-19-11-4-12-20-26;1-2-4-6-8-7-5-3-1;2-1(3,4)5;/h1-20,27-29H,21-22H2;1-2,7-8H,3-6H2;;/q;;-1;/t27-,28-;;;/m1.../s1. The minimum Gasteiger partial charge on any atom is -0.418 e. The summed E-state index contributed by atoms with van der Waals surface area (Å²) < 4.78 is 39.0. The maximum atomic E-state index is 9.75. The zero-order chi connectivity index (χ0) is 31.0. The van der Waals surface area contributed by atoms with Crippen LogP contribution in [0.1, 0.15) is 25.7 Å². The zero-order valence-corrected chi connectivity index (χ0v) is 28.5. The van der Waals surface area contributed by atoms with E-state index in [1.165, 1.54) is 46.9 Å². The quantitative estimate of drug-likeness (QED) is 0.120. The molecule has 5 radical (unpaired) electrons. The van der Waals surface area contributed by atoms with Crippen LogP contribution in [0, 0.1) is 25.7 Å². The molecule has 1 N–H and O–H groups in total. The summed E-state index contributed by atoms with van der Waals surface area (Å²) in [7, 11) is -6.90. The summed E-state index contributed by atoms with van der Waals surface area (Å²) in [4.78, 5) is 0. The normalized spacial score (nSPS) is 18.4. The third-order valence-corrected chi connectivity index (χ3v) is 13.3. The van der Waals surface area contributed by atoms with E-state index >= 15 is 0 Å². The van der Waals surface area contributed by atoms with E-state index in [4.69, 9.17) is 0 Å². The van der Waals surface area contributed by atoms with E-state index in [1.807, 2.05) is 0 Å². The Balaban J connectivity index is 0.000000331. The first-order valence-corrected chi connectivity index (χ1v) is 17.9. The van der Waals surface area contributed by atoms with Crippen LogP contribution in [0.5, 0.6) is 0 Å².